The van der Waals surface area contributed by atoms with Crippen molar-refractivity contribution in [2.45, 2.75) is 40.0 Å². The van der Waals surface area contributed by atoms with Crippen LogP contribution in [0, 0.1) is 5.41 Å². The van der Waals surface area contributed by atoms with Crippen molar-refractivity contribution in [3.05, 3.63) is 0 Å². The highest BCUT2D eigenvalue weighted by atomic mass is 32.1. The Morgan fingerprint density at radius 3 is 2.27 bits per heavy atom. The molecule has 0 rings (SSSR count). The largest absolute Gasteiger partial charge is 0.299 e. The molecule has 0 aliphatic carbocycles. The summed E-state index contributed by atoms with van der Waals surface area (Å²) in [6.45, 7) is 5.68. The maximum atomic E-state index is 11.0. The SMILES string of the molecule is CC(=O)C(C)(C)CCCCS. The lowest BCUT2D eigenvalue weighted by Crippen LogP contribution is -2.20. The quantitative estimate of drug-likeness (QED) is 0.501. The van der Waals surface area contributed by atoms with Crippen molar-refractivity contribution in [3.8, 4) is 0 Å². The molecule has 0 saturated heterocycles. The van der Waals surface area contributed by atoms with Gasteiger partial charge in [0.2, 0.25) is 0 Å². The van der Waals surface area contributed by atoms with E-state index in [1.165, 1.54) is 0 Å². The van der Waals surface area contributed by atoms with Crippen molar-refractivity contribution >= 4 is 18.4 Å². The number of carbonyl (C=O) groups excluding carboxylic acids is 1. The molecule has 0 heterocycles. The van der Waals surface area contributed by atoms with Crippen LogP contribution in [-0.4, -0.2) is 11.5 Å². The Balaban J connectivity index is 3.64. The minimum absolute atomic E-state index is 0.122. The Morgan fingerprint density at radius 2 is 1.91 bits per heavy atom. The maximum absolute atomic E-state index is 11.0. The Hall–Kier alpha value is 0.0200. The van der Waals surface area contributed by atoms with Crippen LogP contribution < -0.4 is 0 Å². The van der Waals surface area contributed by atoms with Gasteiger partial charge in [-0.15, -0.1) is 0 Å². The molecule has 1 nitrogen and oxygen atoms in total. The monoisotopic (exact) mass is 174 g/mol. The number of thiol groups is 1. The summed E-state index contributed by atoms with van der Waals surface area (Å²) >= 11 is 4.12. The highest BCUT2D eigenvalue weighted by Crippen LogP contribution is 2.23. The molecule has 2 heteroatoms. The summed E-state index contributed by atoms with van der Waals surface area (Å²) in [5.41, 5.74) is -0.122. The molecule has 0 unspecified atom stereocenters. The zero-order valence-corrected chi connectivity index (χ0v) is 8.58. The van der Waals surface area contributed by atoms with Crippen LogP contribution in [0.4, 0.5) is 0 Å². The Kier molecular flexibility index (Phi) is 4.82. The summed E-state index contributed by atoms with van der Waals surface area (Å²) in [7, 11) is 0. The van der Waals surface area contributed by atoms with Crippen molar-refractivity contribution < 1.29 is 4.79 Å². The smallest absolute Gasteiger partial charge is 0.135 e. The number of Topliss-reactive ketones (excluding diaryl/α,β-unsaturated/α-hetero) is 1. The number of hydrogen-bond donors (Lipinski definition) is 1. The number of rotatable bonds is 5. The lowest BCUT2D eigenvalue weighted by molar-refractivity contribution is -0.125. The molecule has 0 saturated carbocycles. The van der Waals surface area contributed by atoms with Gasteiger partial charge in [0.1, 0.15) is 5.78 Å². The second-order valence-electron chi connectivity index (χ2n) is 3.62. The average Bonchev–Trinajstić information content (AvgIpc) is 1.88. The number of unbranched alkanes of at least 4 members (excludes halogenated alkanes) is 1. The van der Waals surface area contributed by atoms with Crippen LogP contribution in [0.1, 0.15) is 40.0 Å². The first-order valence-electron chi connectivity index (χ1n) is 4.12. The molecule has 0 atom stereocenters. The van der Waals surface area contributed by atoms with Gasteiger partial charge in [-0.1, -0.05) is 20.3 Å². The predicted octanol–water partition coefficient (Wildman–Crippen LogP) is 2.70. The molecule has 0 spiro atoms. The molecular formula is C9H18OS. The van der Waals surface area contributed by atoms with Gasteiger partial charge in [-0.2, -0.15) is 12.6 Å². The molecule has 0 fully saturated rings. The van der Waals surface area contributed by atoms with Crippen LogP contribution in [0.2, 0.25) is 0 Å². The molecule has 0 bridgehead atoms. The van der Waals surface area contributed by atoms with E-state index < -0.39 is 0 Å². The predicted molar refractivity (Wildman–Crippen MR) is 52.2 cm³/mol. The third-order valence-corrected chi connectivity index (χ3v) is 2.48. The van der Waals surface area contributed by atoms with Gasteiger partial charge in [-0.25, -0.2) is 0 Å². The van der Waals surface area contributed by atoms with Crippen LogP contribution in [0.3, 0.4) is 0 Å². The summed E-state index contributed by atoms with van der Waals surface area (Å²) in [6, 6.07) is 0. The fourth-order valence-corrected chi connectivity index (χ4v) is 1.08. The molecule has 0 amide bonds. The van der Waals surface area contributed by atoms with Crippen molar-refractivity contribution in [2.24, 2.45) is 5.41 Å². The average molecular weight is 174 g/mol. The van der Waals surface area contributed by atoms with E-state index in [9.17, 15) is 4.79 Å². The zero-order chi connectivity index (χ0) is 8.91. The Labute approximate surface area is 75.0 Å². The second kappa shape index (κ2) is 4.81. The molecule has 0 aliphatic rings. The third-order valence-electron chi connectivity index (χ3n) is 2.16. The normalized spacial score (nSPS) is 11.6. The standard InChI is InChI=1S/C9H18OS/c1-8(10)9(2,3)6-4-5-7-11/h11H,4-7H2,1-3H3. The van der Waals surface area contributed by atoms with E-state index in [0.717, 1.165) is 25.0 Å². The summed E-state index contributed by atoms with van der Waals surface area (Å²) < 4.78 is 0. The van der Waals surface area contributed by atoms with Crippen LogP contribution in [-0.2, 0) is 4.79 Å². The lowest BCUT2D eigenvalue weighted by atomic mass is 9.84. The van der Waals surface area contributed by atoms with Gasteiger partial charge in [-0.05, 0) is 25.5 Å². The molecule has 0 aliphatic heterocycles. The second-order valence-corrected chi connectivity index (χ2v) is 4.07. The van der Waals surface area contributed by atoms with Gasteiger partial charge in [0, 0.05) is 5.41 Å². The van der Waals surface area contributed by atoms with Gasteiger partial charge in [0.05, 0.1) is 0 Å². The lowest BCUT2D eigenvalue weighted by Gasteiger charge is -2.20. The molecule has 0 aromatic heterocycles. The highest BCUT2D eigenvalue weighted by molar-refractivity contribution is 7.80. The number of hydrogen-bond acceptors (Lipinski definition) is 2. The summed E-state index contributed by atoms with van der Waals surface area (Å²) in [6.07, 6.45) is 3.21. The number of ketones is 1. The van der Waals surface area contributed by atoms with Crippen LogP contribution in [0.15, 0.2) is 0 Å². The van der Waals surface area contributed by atoms with E-state index in [0.29, 0.717) is 0 Å². The maximum Gasteiger partial charge on any atom is 0.135 e. The molecule has 66 valence electrons. The topological polar surface area (TPSA) is 17.1 Å². The first kappa shape index (κ1) is 11.0. The van der Waals surface area contributed by atoms with E-state index in [1.54, 1.807) is 6.92 Å². The van der Waals surface area contributed by atoms with Crippen molar-refractivity contribution in [1.82, 2.24) is 0 Å². The first-order valence-corrected chi connectivity index (χ1v) is 4.76. The van der Waals surface area contributed by atoms with E-state index in [2.05, 4.69) is 12.6 Å². The van der Waals surface area contributed by atoms with Gasteiger partial charge in [0.25, 0.3) is 0 Å². The van der Waals surface area contributed by atoms with Crippen molar-refractivity contribution in [1.29, 1.82) is 0 Å². The molecule has 0 radical (unpaired) electrons. The third kappa shape index (κ3) is 4.46. The Bertz CT molecular complexity index is 130. The van der Waals surface area contributed by atoms with Crippen molar-refractivity contribution in [2.75, 3.05) is 5.75 Å². The molecular weight excluding hydrogens is 156 g/mol. The van der Waals surface area contributed by atoms with Gasteiger partial charge < -0.3 is 0 Å². The van der Waals surface area contributed by atoms with Crippen LogP contribution in [0.25, 0.3) is 0 Å². The van der Waals surface area contributed by atoms with Crippen LogP contribution >= 0.6 is 12.6 Å². The fraction of sp³-hybridized carbons (Fsp3) is 0.889. The molecule has 0 aromatic rings. The zero-order valence-electron chi connectivity index (χ0n) is 7.68. The van der Waals surface area contributed by atoms with Gasteiger partial charge in [-0.3, -0.25) is 4.79 Å². The summed E-state index contributed by atoms with van der Waals surface area (Å²) in [5.74, 6) is 1.21. The summed E-state index contributed by atoms with van der Waals surface area (Å²) in [5, 5.41) is 0. The van der Waals surface area contributed by atoms with Gasteiger partial charge in [0.15, 0.2) is 0 Å². The molecule has 0 aromatic carbocycles. The van der Waals surface area contributed by atoms with E-state index in [1.807, 2.05) is 13.8 Å². The minimum Gasteiger partial charge on any atom is -0.299 e. The minimum atomic E-state index is -0.122. The Morgan fingerprint density at radius 1 is 1.36 bits per heavy atom. The summed E-state index contributed by atoms with van der Waals surface area (Å²) in [4.78, 5) is 11.0. The highest BCUT2D eigenvalue weighted by Gasteiger charge is 2.22. The van der Waals surface area contributed by atoms with E-state index >= 15 is 0 Å². The molecule has 0 N–H and O–H groups in total. The van der Waals surface area contributed by atoms with Crippen molar-refractivity contribution in [3.63, 3.8) is 0 Å². The van der Waals surface area contributed by atoms with Gasteiger partial charge >= 0.3 is 0 Å². The van der Waals surface area contributed by atoms with Crippen LogP contribution in [0.5, 0.6) is 0 Å². The van der Waals surface area contributed by atoms with E-state index in [4.69, 9.17) is 0 Å². The first-order chi connectivity index (χ1) is 5.00. The fourth-order valence-electron chi connectivity index (χ4n) is 0.855. The number of carbonyl (C=O) groups is 1. The van der Waals surface area contributed by atoms with E-state index in [-0.39, 0.29) is 11.2 Å². The molecule has 11 heavy (non-hydrogen) atoms.